The molecule has 2 aliphatic rings. The van der Waals surface area contributed by atoms with Crippen molar-refractivity contribution in [2.45, 2.75) is 57.8 Å². The van der Waals surface area contributed by atoms with Crippen LogP contribution in [0.5, 0.6) is 0 Å². The third-order valence-electron chi connectivity index (χ3n) is 7.42. The van der Waals surface area contributed by atoms with Gasteiger partial charge in [0.2, 0.25) is 0 Å². The normalized spacial score (nSPS) is 39.6. The van der Waals surface area contributed by atoms with E-state index in [4.69, 9.17) is 116 Å². The molecule has 0 radical (unpaired) electrons. The highest BCUT2D eigenvalue weighted by atomic mass is 35.5. The lowest BCUT2D eigenvalue weighted by Crippen LogP contribution is -2.67. The van der Waals surface area contributed by atoms with Gasteiger partial charge in [0.05, 0.1) is 10.8 Å². The first-order chi connectivity index (χ1) is 10.8. The molecule has 0 spiro atoms. The molecule has 0 aromatic rings. The molecule has 0 N–H and O–H groups in total. The van der Waals surface area contributed by atoms with Crippen molar-refractivity contribution in [1.29, 1.82) is 0 Å². The van der Waals surface area contributed by atoms with E-state index < -0.39 is 50.3 Å². The molecule has 0 aromatic carbocycles. The molecule has 0 aromatic heterocycles. The summed E-state index contributed by atoms with van der Waals surface area (Å²) in [7, 11) is 0. The number of fused-ring (bicyclic) bond motifs is 2. The molecule has 25 heavy (non-hydrogen) atoms. The predicted molar refractivity (Wildman–Crippen MR) is 116 cm³/mol. The molecule has 2 rings (SSSR count). The fourth-order valence-corrected chi connectivity index (χ4v) is 12.1. The molecule has 2 fully saturated rings. The van der Waals surface area contributed by atoms with E-state index in [9.17, 15) is 0 Å². The maximum atomic E-state index is 7.03. The molecule has 0 nitrogen and oxygen atoms in total. The largest absolute Gasteiger partial charge is 0.133 e. The Hall–Kier alpha value is 2.90. The molecule has 2 bridgehead atoms. The van der Waals surface area contributed by atoms with Gasteiger partial charge in [-0.25, -0.2) is 0 Å². The molecular formula is C15H18Cl10. The Morgan fingerprint density at radius 1 is 0.520 bits per heavy atom. The Morgan fingerprint density at radius 3 is 1.12 bits per heavy atom. The lowest BCUT2D eigenvalue weighted by Gasteiger charge is -2.62. The third-order valence-corrected chi connectivity index (χ3v) is 12.7. The van der Waals surface area contributed by atoms with Gasteiger partial charge in [0, 0.05) is 16.2 Å². The van der Waals surface area contributed by atoms with Crippen LogP contribution < -0.4 is 0 Å². The van der Waals surface area contributed by atoms with Crippen molar-refractivity contribution in [2.75, 3.05) is 0 Å². The standard InChI is InChI=1S/C15H18Cl10/c1-9(2)11(5)12(6(16)17,7(18)19)13(8(20)21,15(9,24)25)10(3,4)14(11,22)23/h6-8H,1-5H3/t11-,13-/m0/s1. The Balaban J connectivity index is 3.25. The highest BCUT2D eigenvalue weighted by Crippen LogP contribution is 2.97. The lowest BCUT2D eigenvalue weighted by molar-refractivity contribution is -0.0119. The summed E-state index contributed by atoms with van der Waals surface area (Å²) >= 11 is 67.4. The second kappa shape index (κ2) is 6.21. The van der Waals surface area contributed by atoms with Crippen LogP contribution in [0.2, 0.25) is 0 Å². The summed E-state index contributed by atoms with van der Waals surface area (Å²) in [6, 6.07) is 0. The van der Waals surface area contributed by atoms with Crippen molar-refractivity contribution in [1.82, 2.24) is 0 Å². The zero-order valence-corrected chi connectivity index (χ0v) is 21.6. The van der Waals surface area contributed by atoms with Crippen LogP contribution in [0.15, 0.2) is 0 Å². The van der Waals surface area contributed by atoms with Gasteiger partial charge in [0.15, 0.2) is 0 Å². The van der Waals surface area contributed by atoms with E-state index in [1.807, 2.05) is 13.8 Å². The van der Waals surface area contributed by atoms with E-state index in [0.717, 1.165) is 0 Å². The smallest absolute Gasteiger partial charge is 0.105 e. The maximum absolute atomic E-state index is 7.03. The van der Waals surface area contributed by atoms with Crippen LogP contribution >= 0.6 is 116 Å². The molecule has 0 amide bonds. The number of hydrogen-bond acceptors (Lipinski definition) is 0. The van der Waals surface area contributed by atoms with E-state index >= 15 is 0 Å². The van der Waals surface area contributed by atoms with Crippen LogP contribution in [0.1, 0.15) is 34.6 Å². The zero-order chi connectivity index (χ0) is 20.2. The monoisotopic (exact) mass is 548 g/mol. The summed E-state index contributed by atoms with van der Waals surface area (Å²) in [5, 5.41) is 0. The number of rotatable bonds is 3. The summed E-state index contributed by atoms with van der Waals surface area (Å²) in [5.74, 6) is 0. The van der Waals surface area contributed by atoms with Crippen molar-refractivity contribution in [3.63, 3.8) is 0 Å². The molecule has 0 aliphatic heterocycles. The van der Waals surface area contributed by atoms with Crippen molar-refractivity contribution < 1.29 is 0 Å². The fraction of sp³-hybridized carbons (Fsp3) is 1.00. The summed E-state index contributed by atoms with van der Waals surface area (Å²) in [6.45, 7) is 9.01. The second-order valence-electron chi connectivity index (χ2n) is 8.10. The average molecular weight is 553 g/mol. The number of halogens is 10. The van der Waals surface area contributed by atoms with Crippen molar-refractivity contribution in [3.05, 3.63) is 0 Å². The minimum atomic E-state index is -1.55. The quantitative estimate of drug-likeness (QED) is 0.307. The molecular weight excluding hydrogens is 535 g/mol. The first-order valence-electron chi connectivity index (χ1n) is 7.43. The van der Waals surface area contributed by atoms with Gasteiger partial charge < -0.3 is 0 Å². The molecule has 2 saturated carbocycles. The molecule has 0 unspecified atom stereocenters. The number of alkyl halides is 10. The van der Waals surface area contributed by atoms with E-state index in [1.165, 1.54) is 0 Å². The number of hydrogen-bond donors (Lipinski definition) is 0. The van der Waals surface area contributed by atoms with Gasteiger partial charge in [-0.3, -0.25) is 0 Å². The zero-order valence-electron chi connectivity index (χ0n) is 14.0. The van der Waals surface area contributed by atoms with Gasteiger partial charge >= 0.3 is 0 Å². The summed E-state index contributed by atoms with van der Waals surface area (Å²) in [5.41, 5.74) is -6.04. The van der Waals surface area contributed by atoms with Gasteiger partial charge in [0.1, 0.15) is 23.2 Å². The van der Waals surface area contributed by atoms with Gasteiger partial charge in [0.25, 0.3) is 0 Å². The Kier molecular flexibility index (Phi) is 6.01. The Labute approximate surface area is 199 Å². The molecule has 148 valence electrons. The van der Waals surface area contributed by atoms with E-state index in [0.29, 0.717) is 0 Å². The van der Waals surface area contributed by atoms with Crippen LogP contribution in [0.3, 0.4) is 0 Å². The first kappa shape index (κ1) is 24.2. The average Bonchev–Trinajstić information content (AvgIpc) is 2.57. The SMILES string of the molecule is CC1(C)C(Cl)(Cl)[C@@]2(C(Cl)Cl)C(C)(C)C(Cl)(Cl)[C@]1(C)C2(C(Cl)Cl)C(Cl)Cl. The summed E-state index contributed by atoms with van der Waals surface area (Å²) in [6.07, 6.45) is 0. The van der Waals surface area contributed by atoms with Crippen LogP contribution in [-0.4, -0.2) is 23.2 Å². The van der Waals surface area contributed by atoms with Crippen LogP contribution in [0, 0.1) is 27.1 Å². The maximum Gasteiger partial charge on any atom is 0.133 e. The lowest BCUT2D eigenvalue weighted by atomic mass is 9.55. The highest BCUT2D eigenvalue weighted by Gasteiger charge is 3.00. The topological polar surface area (TPSA) is 0 Å². The Morgan fingerprint density at radius 2 is 0.880 bits per heavy atom. The van der Waals surface area contributed by atoms with Crippen LogP contribution in [-0.2, 0) is 0 Å². The van der Waals surface area contributed by atoms with Gasteiger partial charge in [-0.1, -0.05) is 34.6 Å². The highest BCUT2D eigenvalue weighted by molar-refractivity contribution is 6.58. The minimum absolute atomic E-state index is 0.964. The summed E-state index contributed by atoms with van der Waals surface area (Å²) in [4.78, 5) is -3.48. The second-order valence-corrected chi connectivity index (χ2v) is 14.0. The fourth-order valence-electron chi connectivity index (χ4n) is 5.88. The van der Waals surface area contributed by atoms with E-state index in [-0.39, 0.29) is 0 Å². The molecule has 0 heterocycles. The van der Waals surface area contributed by atoms with Crippen LogP contribution in [0.4, 0.5) is 0 Å². The molecule has 0 saturated heterocycles. The van der Waals surface area contributed by atoms with Gasteiger partial charge in [-0.2, -0.15) is 0 Å². The molecule has 2 atom stereocenters. The minimum Gasteiger partial charge on any atom is -0.105 e. The molecule has 2 aliphatic carbocycles. The Bertz CT molecular complexity index is 539. The third kappa shape index (κ3) is 1.93. The van der Waals surface area contributed by atoms with Crippen molar-refractivity contribution in [3.8, 4) is 0 Å². The van der Waals surface area contributed by atoms with Crippen molar-refractivity contribution in [2.24, 2.45) is 27.1 Å². The van der Waals surface area contributed by atoms with Gasteiger partial charge in [-0.05, 0) is 0 Å². The molecule has 10 heteroatoms. The van der Waals surface area contributed by atoms with E-state index in [2.05, 4.69) is 0 Å². The predicted octanol–water partition coefficient (Wildman–Crippen LogP) is 8.80. The first-order valence-corrected chi connectivity index (χ1v) is 11.6. The van der Waals surface area contributed by atoms with E-state index in [1.54, 1.807) is 20.8 Å². The summed E-state index contributed by atoms with van der Waals surface area (Å²) < 4.78 is -3.01. The van der Waals surface area contributed by atoms with Crippen molar-refractivity contribution >= 4 is 116 Å². The van der Waals surface area contributed by atoms with Gasteiger partial charge in [-0.15, -0.1) is 116 Å². The van der Waals surface area contributed by atoms with Crippen LogP contribution in [0.25, 0.3) is 0 Å².